The molecule has 400 valence electrons. The zero-order chi connectivity index (χ0) is 55.9. The molecule has 0 saturated heterocycles. The maximum absolute atomic E-state index is 15.3. The maximum Gasteiger partial charge on any atom is 0.460 e. The SMILES string of the molecule is C=C(C)C(=O)OC(F)(C(F)(F)C(F)(F)C(F)(F)C(F)(F)C(F)(F)C(F)(F)C(F)(F)F)C(F)(F)C(F)(F)C(F)(F)C(F)(F)C(F)(F)C(F)(F)C(F)(F)C(F)(F)C(F)(F)C(F)(C(F)(F)F)C(F)(F)F. The highest BCUT2D eigenvalue weighted by Crippen LogP contribution is 2.71. The fourth-order valence-electron chi connectivity index (χ4n) is 4.02. The Morgan fingerprint density at radius 1 is 0.269 bits per heavy atom. The van der Waals surface area contributed by atoms with Crippen LogP contribution >= 0.6 is 0 Å². The molecule has 0 amide bonds. The number of alkyl halides is 41. The van der Waals surface area contributed by atoms with Crippen molar-refractivity contribution in [2.45, 2.75) is 126 Å². The first kappa shape index (κ1) is 63.3. The molecule has 0 aliphatic carbocycles. The lowest BCUT2D eigenvalue weighted by molar-refractivity contribution is -0.503. The average Bonchev–Trinajstić information content (AvgIpc) is 3.07. The molecule has 0 aromatic heterocycles. The highest BCUT2D eigenvalue weighted by Gasteiger charge is 3.04. The summed E-state index contributed by atoms with van der Waals surface area (Å²) >= 11 is 0. The predicted octanol–water partition coefficient (Wildman–Crippen LogP) is 13.7. The van der Waals surface area contributed by atoms with Gasteiger partial charge in [-0.15, -0.1) is 0 Å². The second-order valence-corrected chi connectivity index (χ2v) is 12.5. The molecule has 0 rings (SSSR count). The summed E-state index contributed by atoms with van der Waals surface area (Å²) in [6, 6.07) is 0. The van der Waals surface area contributed by atoms with Gasteiger partial charge in [-0.3, -0.25) is 0 Å². The molecule has 0 aliphatic rings. The third-order valence-electron chi connectivity index (χ3n) is 8.09. The second-order valence-electron chi connectivity index (χ2n) is 12.5. The number of halogens is 41. The molecule has 0 aromatic carbocycles. The molecule has 0 N–H and O–H groups in total. The fraction of sp³-hybridized carbons (Fsp3) is 0.875. The third-order valence-corrected chi connectivity index (χ3v) is 8.09. The summed E-state index contributed by atoms with van der Waals surface area (Å²) in [4.78, 5) is 11.4. The molecule has 2 nitrogen and oxygen atoms in total. The Kier molecular flexibility index (Phi) is 14.6. The van der Waals surface area contributed by atoms with Gasteiger partial charge in [0.1, 0.15) is 0 Å². The van der Waals surface area contributed by atoms with Crippen molar-refractivity contribution in [1.29, 1.82) is 0 Å². The standard InChI is InChI=1S/C24H5F41O2/c1-3(2)4(66)67-21(56,19(52,53)16(46,47)13(40,41)14(42,43)17(48,49)20(54,55)24(63,64)65)18(50,51)15(44,45)12(38,39)11(36,37)10(34,35)9(32,33)8(30,31)7(28,29)6(26,27)5(25,22(57,58)59)23(60,61)62/h1H2,2H3. The van der Waals surface area contributed by atoms with Crippen LogP contribution in [-0.2, 0) is 9.53 Å². The van der Waals surface area contributed by atoms with E-state index in [2.05, 4.69) is 0 Å². The Morgan fingerprint density at radius 2 is 0.433 bits per heavy atom. The van der Waals surface area contributed by atoms with Crippen LogP contribution < -0.4 is 0 Å². The van der Waals surface area contributed by atoms with Crippen molar-refractivity contribution in [3.05, 3.63) is 12.2 Å². The second kappa shape index (κ2) is 15.4. The van der Waals surface area contributed by atoms with Gasteiger partial charge in [-0.05, 0) is 6.92 Å². The quantitative estimate of drug-likeness (QED) is 0.0777. The van der Waals surface area contributed by atoms with E-state index in [4.69, 9.17) is 0 Å². The highest BCUT2D eigenvalue weighted by molar-refractivity contribution is 5.87. The number of ether oxygens (including phenoxy) is 1. The van der Waals surface area contributed by atoms with Crippen molar-refractivity contribution in [2.24, 2.45) is 0 Å². The smallest absolute Gasteiger partial charge is 0.413 e. The largest absolute Gasteiger partial charge is 0.460 e. The predicted molar refractivity (Wildman–Crippen MR) is 121 cm³/mol. The van der Waals surface area contributed by atoms with Crippen molar-refractivity contribution < 1.29 is 190 Å². The summed E-state index contributed by atoms with van der Waals surface area (Å²) in [5, 5.41) is 0. The highest BCUT2D eigenvalue weighted by atomic mass is 19.5. The Morgan fingerprint density at radius 3 is 0.597 bits per heavy atom. The molecule has 0 radical (unpaired) electrons. The van der Waals surface area contributed by atoms with E-state index in [0.717, 1.165) is 0 Å². The van der Waals surface area contributed by atoms with Crippen LogP contribution in [0.5, 0.6) is 0 Å². The van der Waals surface area contributed by atoms with Crippen LogP contribution in [0.3, 0.4) is 0 Å². The van der Waals surface area contributed by atoms with Gasteiger partial charge >= 0.3 is 125 Å². The Bertz CT molecular complexity index is 1840. The lowest BCUT2D eigenvalue weighted by atomic mass is 9.80. The van der Waals surface area contributed by atoms with Crippen molar-refractivity contribution in [3.8, 4) is 0 Å². The van der Waals surface area contributed by atoms with Crippen LogP contribution in [0.25, 0.3) is 0 Å². The third kappa shape index (κ3) is 7.30. The molecule has 43 heteroatoms. The number of carbonyl (C=O) groups excluding carboxylic acids is 1. The number of hydrogen-bond acceptors (Lipinski definition) is 2. The molecule has 0 aliphatic heterocycles. The van der Waals surface area contributed by atoms with E-state index in [9.17, 15) is 180 Å². The Balaban J connectivity index is 8.63. The Labute approximate surface area is 335 Å². The number of carbonyl (C=O) groups is 1. The summed E-state index contributed by atoms with van der Waals surface area (Å²) in [6.07, 6.45) is -26.6. The summed E-state index contributed by atoms with van der Waals surface area (Å²) in [7, 11) is 0. The topological polar surface area (TPSA) is 26.3 Å². The zero-order valence-corrected chi connectivity index (χ0v) is 29.0. The normalized spacial score (nSPS) is 17.6. The molecule has 1 atom stereocenters. The van der Waals surface area contributed by atoms with Gasteiger partial charge in [0, 0.05) is 5.57 Å². The zero-order valence-electron chi connectivity index (χ0n) is 29.0. The van der Waals surface area contributed by atoms with Gasteiger partial charge in [0.2, 0.25) is 0 Å². The van der Waals surface area contributed by atoms with Crippen LogP contribution in [0.1, 0.15) is 6.92 Å². The van der Waals surface area contributed by atoms with Crippen LogP contribution in [-0.4, -0.2) is 125 Å². The van der Waals surface area contributed by atoms with Crippen LogP contribution in [0, 0.1) is 0 Å². The van der Waals surface area contributed by atoms with Gasteiger partial charge in [0.25, 0.3) is 0 Å². The minimum atomic E-state index is -10.7. The van der Waals surface area contributed by atoms with Gasteiger partial charge in [-0.2, -0.15) is 176 Å². The monoisotopic (exact) mass is 1100 g/mol. The minimum Gasteiger partial charge on any atom is -0.413 e. The van der Waals surface area contributed by atoms with Gasteiger partial charge in [0.05, 0.1) is 0 Å². The van der Waals surface area contributed by atoms with Gasteiger partial charge in [0.15, 0.2) is 0 Å². The minimum absolute atomic E-state index is 0.570. The van der Waals surface area contributed by atoms with E-state index >= 15 is 4.39 Å². The Hall–Kier alpha value is -3.66. The lowest BCUT2D eigenvalue weighted by Gasteiger charge is -2.48. The van der Waals surface area contributed by atoms with E-state index in [1.165, 1.54) is 0 Å². The first-order valence-electron chi connectivity index (χ1n) is 14.2. The van der Waals surface area contributed by atoms with Crippen LogP contribution in [0.15, 0.2) is 12.2 Å². The lowest BCUT2D eigenvalue weighted by Crippen LogP contribution is -2.82. The molecule has 0 spiro atoms. The maximum atomic E-state index is 15.3. The molecular weight excluding hydrogens is 1100 g/mol. The van der Waals surface area contributed by atoms with E-state index in [1.54, 1.807) is 11.3 Å². The van der Waals surface area contributed by atoms with Crippen molar-refractivity contribution in [1.82, 2.24) is 0 Å². The molecule has 0 fully saturated rings. The van der Waals surface area contributed by atoms with E-state index in [-0.39, 0.29) is 0 Å². The first-order chi connectivity index (χ1) is 28.1. The molecule has 1 unspecified atom stereocenters. The van der Waals surface area contributed by atoms with Gasteiger partial charge < -0.3 is 4.74 Å². The summed E-state index contributed by atoms with van der Waals surface area (Å²) < 4.78 is 566. The van der Waals surface area contributed by atoms with Crippen LogP contribution in [0.2, 0.25) is 0 Å². The number of hydrogen-bond donors (Lipinski definition) is 0. The summed E-state index contributed by atoms with van der Waals surface area (Å²) in [5.74, 6) is -168. The number of rotatable bonds is 18. The fourth-order valence-corrected chi connectivity index (χ4v) is 4.02. The van der Waals surface area contributed by atoms with Crippen LogP contribution in [0.4, 0.5) is 180 Å². The van der Waals surface area contributed by atoms with Crippen molar-refractivity contribution in [2.75, 3.05) is 0 Å². The first-order valence-corrected chi connectivity index (χ1v) is 14.2. The molecule has 0 heterocycles. The molecule has 0 saturated carbocycles. The average molecular weight is 1100 g/mol. The number of esters is 1. The van der Waals surface area contributed by atoms with E-state index in [1.807, 2.05) is 0 Å². The van der Waals surface area contributed by atoms with E-state index < -0.39 is 137 Å². The van der Waals surface area contributed by atoms with Crippen molar-refractivity contribution in [3.63, 3.8) is 0 Å². The van der Waals surface area contributed by atoms with Gasteiger partial charge in [-0.1, -0.05) is 6.58 Å². The molecule has 0 aromatic rings. The molecular formula is C24H5F41O2. The molecule has 67 heavy (non-hydrogen) atoms. The molecule has 0 bridgehead atoms. The van der Waals surface area contributed by atoms with Crippen molar-refractivity contribution >= 4 is 5.97 Å². The van der Waals surface area contributed by atoms with E-state index in [0.29, 0.717) is 0 Å². The summed E-state index contributed by atoms with van der Waals surface area (Å²) in [5.41, 5.74) is -12.2. The summed E-state index contributed by atoms with van der Waals surface area (Å²) in [6.45, 7) is 1.23. The van der Waals surface area contributed by atoms with Gasteiger partial charge in [-0.25, -0.2) is 9.18 Å².